The van der Waals surface area contributed by atoms with Gasteiger partial charge >= 0.3 is 0 Å². The molecule has 0 atom stereocenters. The third-order valence-corrected chi connectivity index (χ3v) is 4.02. The maximum absolute atomic E-state index is 5.89. The predicted molar refractivity (Wildman–Crippen MR) is 58.8 cm³/mol. The Hall–Kier alpha value is -0.0500. The second-order valence-corrected chi connectivity index (χ2v) is 5.31. The van der Waals surface area contributed by atoms with Crippen molar-refractivity contribution in [3.05, 3.63) is 21.3 Å². The predicted octanol–water partition coefficient (Wildman–Crippen LogP) is 3.26. The molecule has 0 radical (unpaired) electrons. The number of halogens is 1. The second-order valence-electron chi connectivity index (χ2n) is 3.56. The van der Waals surface area contributed by atoms with Gasteiger partial charge in [0.15, 0.2) is 0 Å². The van der Waals surface area contributed by atoms with E-state index in [1.807, 2.05) is 6.07 Å². The lowest BCUT2D eigenvalue weighted by molar-refractivity contribution is 0.299. The van der Waals surface area contributed by atoms with Crippen LogP contribution in [0.2, 0.25) is 4.34 Å². The Morgan fingerprint density at radius 3 is 2.85 bits per heavy atom. The summed E-state index contributed by atoms with van der Waals surface area (Å²) in [6.07, 6.45) is 2.56. The molecule has 1 aromatic rings. The molecule has 1 aliphatic rings. The van der Waals surface area contributed by atoms with E-state index in [9.17, 15) is 0 Å². The van der Waals surface area contributed by atoms with E-state index >= 15 is 0 Å². The van der Waals surface area contributed by atoms with E-state index in [1.54, 1.807) is 11.3 Å². The minimum Gasteiger partial charge on any atom is -0.314 e. The van der Waals surface area contributed by atoms with Crippen molar-refractivity contribution < 1.29 is 0 Å². The summed E-state index contributed by atoms with van der Waals surface area (Å²) in [7, 11) is 0. The normalized spacial score (nSPS) is 27.2. The van der Waals surface area contributed by atoms with Crippen LogP contribution in [0, 0.1) is 0 Å². The van der Waals surface area contributed by atoms with E-state index in [0.717, 1.165) is 22.8 Å². The summed E-state index contributed by atoms with van der Waals surface area (Å²) in [6, 6.07) is 4.91. The smallest absolute Gasteiger partial charge is 0.0931 e. The molecule has 0 aliphatic heterocycles. The first-order valence-corrected chi connectivity index (χ1v) is 5.97. The molecule has 1 nitrogen and oxygen atoms in total. The lowest BCUT2D eigenvalue weighted by Gasteiger charge is -2.35. The summed E-state index contributed by atoms with van der Waals surface area (Å²) < 4.78 is 0.918. The molecule has 1 saturated carbocycles. The van der Waals surface area contributed by atoms with Crippen molar-refractivity contribution in [2.75, 3.05) is 6.54 Å². The van der Waals surface area contributed by atoms with Crippen molar-refractivity contribution in [3.8, 4) is 0 Å². The van der Waals surface area contributed by atoms with Gasteiger partial charge in [0.25, 0.3) is 0 Å². The van der Waals surface area contributed by atoms with Crippen LogP contribution in [-0.4, -0.2) is 12.6 Å². The number of thiophene rings is 1. The van der Waals surface area contributed by atoms with Gasteiger partial charge in [-0.15, -0.1) is 11.3 Å². The van der Waals surface area contributed by atoms with Gasteiger partial charge in [-0.2, -0.15) is 0 Å². The van der Waals surface area contributed by atoms with Crippen molar-refractivity contribution >= 4 is 22.9 Å². The fraction of sp³-hybridized carbons (Fsp3) is 0.600. The van der Waals surface area contributed by atoms with Crippen LogP contribution in [0.1, 0.15) is 30.6 Å². The minimum absolute atomic E-state index is 0.746. The summed E-state index contributed by atoms with van der Waals surface area (Å²) in [5, 5.41) is 3.46. The van der Waals surface area contributed by atoms with Gasteiger partial charge in [0.2, 0.25) is 0 Å². The molecule has 1 N–H and O–H groups in total. The fourth-order valence-corrected chi connectivity index (χ4v) is 3.04. The van der Waals surface area contributed by atoms with Gasteiger partial charge in [-0.3, -0.25) is 0 Å². The van der Waals surface area contributed by atoms with Crippen LogP contribution < -0.4 is 5.32 Å². The fourth-order valence-electron chi connectivity index (χ4n) is 1.85. The summed E-state index contributed by atoms with van der Waals surface area (Å²) in [5.74, 6) is 0.765. The first-order valence-electron chi connectivity index (χ1n) is 4.78. The Balaban J connectivity index is 1.86. The molecular formula is C10H14ClNS. The second kappa shape index (κ2) is 3.99. The minimum atomic E-state index is 0.746. The first kappa shape index (κ1) is 9.50. The van der Waals surface area contributed by atoms with Crippen molar-refractivity contribution in [2.45, 2.75) is 31.7 Å². The summed E-state index contributed by atoms with van der Waals surface area (Å²) in [4.78, 5) is 1.46. The molecule has 13 heavy (non-hydrogen) atoms. The topological polar surface area (TPSA) is 12.0 Å². The average molecular weight is 216 g/mol. The van der Waals surface area contributed by atoms with Crippen LogP contribution in [0.25, 0.3) is 0 Å². The maximum atomic E-state index is 5.89. The molecule has 0 unspecified atom stereocenters. The highest BCUT2D eigenvalue weighted by atomic mass is 35.5. The molecular weight excluding hydrogens is 202 g/mol. The highest BCUT2D eigenvalue weighted by Gasteiger charge is 2.30. The SMILES string of the molecule is CCNC1CC(c2ccc(Cl)s2)C1. The van der Waals surface area contributed by atoms with Crippen LogP contribution in [0.4, 0.5) is 0 Å². The number of hydrogen-bond acceptors (Lipinski definition) is 2. The summed E-state index contributed by atoms with van der Waals surface area (Å²) in [5.41, 5.74) is 0. The van der Waals surface area contributed by atoms with Crippen molar-refractivity contribution in [3.63, 3.8) is 0 Å². The molecule has 0 saturated heterocycles. The Bertz CT molecular complexity index is 278. The molecule has 0 amide bonds. The van der Waals surface area contributed by atoms with Gasteiger partial charge < -0.3 is 5.32 Å². The molecule has 0 bridgehead atoms. The van der Waals surface area contributed by atoms with Crippen LogP contribution in [-0.2, 0) is 0 Å². The van der Waals surface area contributed by atoms with E-state index < -0.39 is 0 Å². The molecule has 0 spiro atoms. The standard InChI is InChI=1S/C10H14ClNS/c1-2-12-8-5-7(6-8)9-3-4-10(11)13-9/h3-4,7-8,12H,2,5-6H2,1H3. The van der Waals surface area contributed by atoms with Crippen LogP contribution >= 0.6 is 22.9 Å². The van der Waals surface area contributed by atoms with E-state index in [-0.39, 0.29) is 0 Å². The summed E-state index contributed by atoms with van der Waals surface area (Å²) in [6.45, 7) is 3.25. The lowest BCUT2D eigenvalue weighted by Crippen LogP contribution is -2.39. The largest absolute Gasteiger partial charge is 0.314 e. The zero-order valence-corrected chi connectivity index (χ0v) is 9.29. The molecule has 1 aromatic heterocycles. The molecule has 1 heterocycles. The van der Waals surface area contributed by atoms with Crippen LogP contribution in [0.15, 0.2) is 12.1 Å². The Morgan fingerprint density at radius 2 is 2.31 bits per heavy atom. The number of rotatable bonds is 3. The van der Waals surface area contributed by atoms with Gasteiger partial charge in [-0.1, -0.05) is 18.5 Å². The molecule has 1 aliphatic carbocycles. The molecule has 3 heteroatoms. The Labute approximate surface area is 88.1 Å². The Morgan fingerprint density at radius 1 is 1.54 bits per heavy atom. The quantitative estimate of drug-likeness (QED) is 0.816. The van der Waals surface area contributed by atoms with E-state index in [0.29, 0.717) is 0 Å². The zero-order valence-electron chi connectivity index (χ0n) is 7.72. The molecule has 0 aromatic carbocycles. The van der Waals surface area contributed by atoms with Gasteiger partial charge in [0.05, 0.1) is 4.34 Å². The molecule has 1 fully saturated rings. The van der Waals surface area contributed by atoms with Gasteiger partial charge in [0.1, 0.15) is 0 Å². The van der Waals surface area contributed by atoms with Crippen molar-refractivity contribution in [2.24, 2.45) is 0 Å². The first-order chi connectivity index (χ1) is 6.29. The zero-order chi connectivity index (χ0) is 9.26. The highest BCUT2D eigenvalue weighted by molar-refractivity contribution is 7.16. The van der Waals surface area contributed by atoms with Gasteiger partial charge in [-0.05, 0) is 37.4 Å². The van der Waals surface area contributed by atoms with Crippen molar-refractivity contribution in [1.82, 2.24) is 5.32 Å². The van der Waals surface area contributed by atoms with Crippen LogP contribution in [0.3, 0.4) is 0 Å². The third kappa shape index (κ3) is 2.06. The summed E-state index contributed by atoms with van der Waals surface area (Å²) >= 11 is 7.62. The monoisotopic (exact) mass is 215 g/mol. The third-order valence-electron chi connectivity index (χ3n) is 2.63. The lowest BCUT2D eigenvalue weighted by atomic mass is 9.79. The number of nitrogens with one attached hydrogen (secondary N) is 1. The maximum Gasteiger partial charge on any atom is 0.0931 e. The van der Waals surface area contributed by atoms with Gasteiger partial charge in [-0.25, -0.2) is 0 Å². The van der Waals surface area contributed by atoms with E-state index in [1.165, 1.54) is 17.7 Å². The van der Waals surface area contributed by atoms with Gasteiger partial charge in [0, 0.05) is 10.9 Å². The van der Waals surface area contributed by atoms with Crippen LogP contribution in [0.5, 0.6) is 0 Å². The molecule has 72 valence electrons. The number of hydrogen-bond donors (Lipinski definition) is 1. The molecule has 2 rings (SSSR count). The van der Waals surface area contributed by atoms with Crippen molar-refractivity contribution in [1.29, 1.82) is 0 Å². The van der Waals surface area contributed by atoms with E-state index in [4.69, 9.17) is 11.6 Å². The Kier molecular flexibility index (Phi) is 2.92. The average Bonchev–Trinajstić information content (AvgIpc) is 2.43. The highest BCUT2D eigenvalue weighted by Crippen LogP contribution is 2.40. The van der Waals surface area contributed by atoms with E-state index in [2.05, 4.69) is 18.3 Å².